The average molecular weight is 622 g/mol. The van der Waals surface area contributed by atoms with E-state index >= 15 is 0 Å². The summed E-state index contributed by atoms with van der Waals surface area (Å²) in [6.07, 6.45) is 17.5. The molecule has 6 heteroatoms. The Kier molecular flexibility index (Phi) is 8.21. The normalized spacial score (nSPS) is 16.7. The van der Waals surface area contributed by atoms with Crippen LogP contribution in [0.5, 0.6) is 0 Å². The van der Waals surface area contributed by atoms with Crippen molar-refractivity contribution in [3.63, 3.8) is 0 Å². The molecule has 0 amide bonds. The van der Waals surface area contributed by atoms with Gasteiger partial charge in [0.15, 0.2) is 0 Å². The van der Waals surface area contributed by atoms with Gasteiger partial charge < -0.3 is 0 Å². The van der Waals surface area contributed by atoms with Crippen molar-refractivity contribution in [3.05, 3.63) is 167 Å². The first-order chi connectivity index (χ1) is 23.7. The van der Waals surface area contributed by atoms with Crippen LogP contribution in [0.25, 0.3) is 0 Å². The zero-order valence-corrected chi connectivity index (χ0v) is 27.1. The fourth-order valence-corrected chi connectivity index (χ4v) is 6.69. The van der Waals surface area contributed by atoms with Gasteiger partial charge in [-0.15, -0.1) is 0 Å². The van der Waals surface area contributed by atoms with E-state index in [1.807, 2.05) is 13.1 Å². The molecule has 4 aromatic rings. The Balaban J connectivity index is 1.20. The van der Waals surface area contributed by atoms with Gasteiger partial charge in [-0.05, 0) is 18.4 Å². The number of amidine groups is 1. The summed E-state index contributed by atoms with van der Waals surface area (Å²) in [4.78, 5) is 17.8. The van der Waals surface area contributed by atoms with Gasteiger partial charge in [-0.1, -0.05) is 48.6 Å². The molecule has 48 heavy (non-hydrogen) atoms. The molecule has 2 aliphatic heterocycles. The van der Waals surface area contributed by atoms with Gasteiger partial charge >= 0.3 is 210 Å². The third kappa shape index (κ3) is 5.86. The van der Waals surface area contributed by atoms with Crippen LogP contribution in [0.4, 0.5) is 22.7 Å². The molecule has 4 aliphatic rings. The van der Waals surface area contributed by atoms with Gasteiger partial charge in [0.2, 0.25) is 0 Å². The van der Waals surface area contributed by atoms with Crippen molar-refractivity contribution >= 4 is 52.7 Å². The summed E-state index contributed by atoms with van der Waals surface area (Å²) >= 11 is 0. The van der Waals surface area contributed by atoms with Crippen molar-refractivity contribution in [2.45, 2.75) is 39.2 Å². The van der Waals surface area contributed by atoms with Crippen LogP contribution >= 0.6 is 0 Å². The first-order valence-electron chi connectivity index (χ1n) is 16.8. The number of anilines is 4. The summed E-state index contributed by atoms with van der Waals surface area (Å²) in [7, 11) is 2.05. The van der Waals surface area contributed by atoms with E-state index in [9.17, 15) is 0 Å². The molecule has 2 aliphatic carbocycles. The molecule has 0 saturated carbocycles. The summed E-state index contributed by atoms with van der Waals surface area (Å²) in [6, 6.07) is 34.1. The van der Waals surface area contributed by atoms with Crippen molar-refractivity contribution in [1.82, 2.24) is 0 Å². The van der Waals surface area contributed by atoms with Crippen LogP contribution < -0.4 is 10.1 Å². The van der Waals surface area contributed by atoms with E-state index < -0.39 is 0 Å². The fourth-order valence-electron chi connectivity index (χ4n) is 6.69. The Morgan fingerprint density at radius 1 is 0.812 bits per heavy atom. The Hall–Kier alpha value is -5.62. The Morgan fingerprint density at radius 2 is 1.60 bits per heavy atom. The van der Waals surface area contributed by atoms with Crippen LogP contribution in [0.1, 0.15) is 54.9 Å². The number of aliphatic imine (C=N–C) groups is 3. The molecule has 0 radical (unpaired) electrons. The number of para-hydroxylation sites is 1. The maximum absolute atomic E-state index is 5.33. The van der Waals surface area contributed by atoms with Gasteiger partial charge in [0.05, 0.1) is 6.54 Å². The van der Waals surface area contributed by atoms with Crippen LogP contribution in [0.2, 0.25) is 0 Å². The number of allylic oxidation sites excluding steroid dienone is 4. The van der Waals surface area contributed by atoms with Gasteiger partial charge in [0.25, 0.3) is 0 Å². The average Bonchev–Trinajstić information content (AvgIpc) is 3.36. The van der Waals surface area contributed by atoms with Gasteiger partial charge in [-0.25, -0.2) is 0 Å². The number of hydrogen-bond acceptors (Lipinski definition) is 4. The minimum atomic E-state index is 0.587. The molecule has 0 fully saturated rings. The third-order valence-corrected chi connectivity index (χ3v) is 9.11. The molecule has 5 nitrogen and oxygen atoms in total. The number of benzene rings is 4. The topological polar surface area (TPSA) is 52.4 Å². The zero-order valence-electron chi connectivity index (χ0n) is 27.1. The second-order valence-corrected chi connectivity index (χ2v) is 12.3. The van der Waals surface area contributed by atoms with Crippen molar-refractivity contribution in [2.24, 2.45) is 15.0 Å². The van der Waals surface area contributed by atoms with Gasteiger partial charge in [0.1, 0.15) is 0 Å². The van der Waals surface area contributed by atoms with E-state index in [1.165, 1.54) is 5.56 Å². The van der Waals surface area contributed by atoms with Gasteiger partial charge in [-0.2, -0.15) is 0 Å². The SMILES string of the molecule is CC(=NC(=NCc1ccccc1)C1=CCCC=C1)c1cccc(N2c3ccccc3C3=NC(C4=CCCC=C4)=BNc4cccc2c43)c1. The summed E-state index contributed by atoms with van der Waals surface area (Å²) in [5, 5.41) is 3.60. The van der Waals surface area contributed by atoms with E-state index in [2.05, 4.69) is 145 Å². The molecular weight excluding hydrogens is 585 g/mol. The summed E-state index contributed by atoms with van der Waals surface area (Å²) < 4.78 is 0. The van der Waals surface area contributed by atoms with E-state index in [4.69, 9.17) is 15.0 Å². The molecular formula is C42H36BN5. The van der Waals surface area contributed by atoms with Crippen LogP contribution in [0.3, 0.4) is 0 Å². The summed E-state index contributed by atoms with van der Waals surface area (Å²) in [6.45, 7) is 2.67. The second-order valence-electron chi connectivity index (χ2n) is 12.3. The van der Waals surface area contributed by atoms with Crippen molar-refractivity contribution in [3.8, 4) is 0 Å². The molecule has 0 bridgehead atoms. The third-order valence-electron chi connectivity index (χ3n) is 9.11. The number of rotatable bonds is 6. The predicted octanol–water partition coefficient (Wildman–Crippen LogP) is 9.44. The number of nitrogens with zero attached hydrogens (tertiary/aromatic N) is 4. The van der Waals surface area contributed by atoms with E-state index in [-0.39, 0.29) is 0 Å². The van der Waals surface area contributed by atoms with Crippen molar-refractivity contribution < 1.29 is 0 Å². The standard InChI is InChI=1S/C42H36BN5/c1-29(45-42(32-19-9-4-10-20-32)44-28-30-15-5-2-6-16-30)33-21-13-22-34(27-33)48-37-25-12-11-23-35(37)40-39-36(24-14-26-38(39)48)47-43-41(46-40)31-17-7-3-8-18-31/h2,5-7,9,11-27,47H,3-4,8,10,28H2,1H3. The molecule has 0 atom stereocenters. The molecule has 1 N–H and O–H groups in total. The molecule has 2 heterocycles. The summed E-state index contributed by atoms with van der Waals surface area (Å²) in [5.74, 6) is 0.771. The van der Waals surface area contributed by atoms with Crippen molar-refractivity contribution in [1.29, 1.82) is 0 Å². The number of fused-ring (bicyclic) bond motifs is 2. The maximum atomic E-state index is 5.33. The molecule has 0 saturated heterocycles. The van der Waals surface area contributed by atoms with Gasteiger partial charge in [0, 0.05) is 0 Å². The van der Waals surface area contributed by atoms with Crippen LogP contribution in [0.15, 0.2) is 160 Å². The Morgan fingerprint density at radius 3 is 2.44 bits per heavy atom. The molecule has 4 aromatic carbocycles. The molecule has 0 unspecified atom stereocenters. The molecule has 0 aromatic heterocycles. The quantitative estimate of drug-likeness (QED) is 0.117. The Labute approximate surface area is 283 Å². The summed E-state index contributed by atoms with van der Waals surface area (Å²) in [5.41, 5.74) is 13.8. The van der Waals surface area contributed by atoms with E-state index in [0.717, 1.165) is 99.1 Å². The molecule has 8 rings (SSSR count). The van der Waals surface area contributed by atoms with E-state index in [0.29, 0.717) is 6.54 Å². The first-order valence-corrected chi connectivity index (χ1v) is 16.8. The van der Waals surface area contributed by atoms with Crippen LogP contribution in [-0.4, -0.2) is 29.9 Å². The zero-order chi connectivity index (χ0) is 32.3. The van der Waals surface area contributed by atoms with Crippen molar-refractivity contribution in [2.75, 3.05) is 10.1 Å². The monoisotopic (exact) mass is 621 g/mol. The fraction of sp³-hybridized carbons (Fsp3) is 0.143. The van der Waals surface area contributed by atoms with Crippen LogP contribution in [-0.2, 0) is 6.54 Å². The molecule has 232 valence electrons. The first kappa shape index (κ1) is 29.8. The number of nitrogens with one attached hydrogen (secondary N) is 1. The van der Waals surface area contributed by atoms with Crippen LogP contribution in [0, 0.1) is 0 Å². The van der Waals surface area contributed by atoms with E-state index in [1.54, 1.807) is 0 Å². The number of hydrogen-bond donors (Lipinski definition) is 1. The molecule has 0 spiro atoms. The minimum absolute atomic E-state index is 0.587. The van der Waals surface area contributed by atoms with Gasteiger partial charge in [-0.3, -0.25) is 0 Å². The predicted molar refractivity (Wildman–Crippen MR) is 204 cm³/mol. The Bertz CT molecular complexity index is 2150. The second kappa shape index (κ2) is 13.2.